The van der Waals surface area contributed by atoms with Crippen molar-refractivity contribution < 1.29 is 22.5 Å². The highest BCUT2D eigenvalue weighted by atomic mass is 32.2. The predicted molar refractivity (Wildman–Crippen MR) is 80.2 cm³/mol. The highest BCUT2D eigenvalue weighted by Crippen LogP contribution is 2.34. The number of halogens is 1. The number of piperidine rings is 1. The van der Waals surface area contributed by atoms with Crippen molar-refractivity contribution in [3.05, 3.63) is 28.1 Å². The summed E-state index contributed by atoms with van der Waals surface area (Å²) in [6.07, 6.45) is 2.12. The van der Waals surface area contributed by atoms with Crippen LogP contribution in [0.3, 0.4) is 0 Å². The molecular formula is C13H18FN3O5S. The molecule has 1 aliphatic heterocycles. The van der Waals surface area contributed by atoms with E-state index in [9.17, 15) is 22.9 Å². The third-order valence-corrected chi connectivity index (χ3v) is 5.78. The van der Waals surface area contributed by atoms with Crippen molar-refractivity contribution in [1.82, 2.24) is 4.31 Å². The van der Waals surface area contributed by atoms with Crippen molar-refractivity contribution in [2.75, 3.05) is 20.2 Å². The molecule has 8 nitrogen and oxygen atoms in total. The van der Waals surface area contributed by atoms with Crippen LogP contribution in [-0.2, 0) is 10.0 Å². The van der Waals surface area contributed by atoms with Crippen molar-refractivity contribution in [3.63, 3.8) is 0 Å². The van der Waals surface area contributed by atoms with Crippen LogP contribution >= 0.6 is 0 Å². The number of sulfonamides is 1. The molecule has 0 spiro atoms. The fourth-order valence-electron chi connectivity index (χ4n) is 2.70. The summed E-state index contributed by atoms with van der Waals surface area (Å²) < 4.78 is 45.3. The maximum absolute atomic E-state index is 14.0. The monoisotopic (exact) mass is 347 g/mol. The molecule has 1 saturated heterocycles. The van der Waals surface area contributed by atoms with Crippen LogP contribution in [0.1, 0.15) is 19.3 Å². The minimum absolute atomic E-state index is 0.139. The molecule has 10 heteroatoms. The molecule has 1 fully saturated rings. The molecule has 1 aromatic rings. The number of methoxy groups -OCH3 is 1. The van der Waals surface area contributed by atoms with Gasteiger partial charge in [0.1, 0.15) is 0 Å². The van der Waals surface area contributed by atoms with E-state index >= 15 is 0 Å². The Hall–Kier alpha value is -1.78. The highest BCUT2D eigenvalue weighted by molar-refractivity contribution is 7.89. The third kappa shape index (κ3) is 3.28. The van der Waals surface area contributed by atoms with Gasteiger partial charge < -0.3 is 10.5 Å². The molecule has 1 atom stereocenters. The van der Waals surface area contributed by atoms with Gasteiger partial charge in [0.15, 0.2) is 5.82 Å². The lowest BCUT2D eigenvalue weighted by Crippen LogP contribution is -2.47. The van der Waals surface area contributed by atoms with Gasteiger partial charge in [-0.05, 0) is 18.9 Å². The van der Waals surface area contributed by atoms with Crippen LogP contribution in [0.5, 0.6) is 5.75 Å². The summed E-state index contributed by atoms with van der Waals surface area (Å²) in [6.45, 7) is 0.394. The van der Waals surface area contributed by atoms with Gasteiger partial charge in [-0.3, -0.25) is 10.1 Å². The van der Waals surface area contributed by atoms with Crippen molar-refractivity contribution in [2.45, 2.75) is 30.2 Å². The molecule has 1 aromatic carbocycles. The Morgan fingerprint density at radius 2 is 2.17 bits per heavy atom. The lowest BCUT2D eigenvalue weighted by molar-refractivity contribution is -0.386. The molecule has 0 radical (unpaired) electrons. The van der Waals surface area contributed by atoms with E-state index < -0.39 is 43.1 Å². The molecule has 0 aromatic heterocycles. The number of ether oxygens (including phenoxy) is 1. The third-order valence-electron chi connectivity index (χ3n) is 3.85. The second-order valence-electron chi connectivity index (χ2n) is 5.22. The Bertz CT molecular complexity index is 710. The first kappa shape index (κ1) is 17.6. The quantitative estimate of drug-likeness (QED) is 0.633. The number of nitrogens with two attached hydrogens (primary N) is 1. The van der Waals surface area contributed by atoms with Crippen LogP contribution < -0.4 is 10.5 Å². The average molecular weight is 347 g/mol. The zero-order valence-corrected chi connectivity index (χ0v) is 13.4. The normalized spacial score (nSPS) is 19.5. The van der Waals surface area contributed by atoms with Crippen LogP contribution in [0.2, 0.25) is 0 Å². The molecule has 2 rings (SSSR count). The zero-order chi connectivity index (χ0) is 17.2. The smallest absolute Gasteiger partial charge is 0.315 e. The summed E-state index contributed by atoms with van der Waals surface area (Å²) in [5, 5.41) is 11.0. The lowest BCUT2D eigenvalue weighted by atomic mass is 10.1. The van der Waals surface area contributed by atoms with Crippen LogP contribution in [0.15, 0.2) is 17.0 Å². The minimum atomic E-state index is -4.07. The fraction of sp³-hybridized carbons (Fsp3) is 0.538. The maximum Gasteiger partial charge on any atom is 0.315 e. The van der Waals surface area contributed by atoms with E-state index in [0.29, 0.717) is 12.8 Å². The first-order chi connectivity index (χ1) is 10.8. The molecule has 0 saturated carbocycles. The Morgan fingerprint density at radius 3 is 2.74 bits per heavy atom. The standard InChI is InChI=1S/C13H18FN3O5S/c1-22-13-11(14)6-10(7-12(13)17(18)19)23(20,21)16-5-3-2-4-9(16)8-15/h6-7,9H,2-5,8,15H2,1H3. The lowest BCUT2D eigenvalue weighted by Gasteiger charge is -2.33. The van der Waals surface area contributed by atoms with Crippen molar-refractivity contribution >= 4 is 15.7 Å². The van der Waals surface area contributed by atoms with Crippen molar-refractivity contribution in [2.24, 2.45) is 5.73 Å². The SMILES string of the molecule is COc1c(F)cc(S(=O)(=O)N2CCCCC2CN)cc1[N+](=O)[O-]. The Balaban J connectivity index is 2.53. The van der Waals surface area contributed by atoms with Crippen molar-refractivity contribution in [1.29, 1.82) is 0 Å². The molecule has 0 amide bonds. The van der Waals surface area contributed by atoms with Gasteiger partial charge in [0.2, 0.25) is 15.8 Å². The molecule has 128 valence electrons. The summed E-state index contributed by atoms with van der Waals surface area (Å²) in [5.41, 5.74) is 4.88. The minimum Gasteiger partial charge on any atom is -0.488 e. The number of nitrogens with zero attached hydrogens (tertiary/aromatic N) is 2. The van der Waals surface area contributed by atoms with Gasteiger partial charge in [0.25, 0.3) is 0 Å². The Kier molecular flexibility index (Phi) is 5.17. The van der Waals surface area contributed by atoms with E-state index in [0.717, 1.165) is 25.7 Å². The summed E-state index contributed by atoms with van der Waals surface area (Å²) in [7, 11) is -3.00. The summed E-state index contributed by atoms with van der Waals surface area (Å²) >= 11 is 0. The number of nitro groups is 1. The van der Waals surface area contributed by atoms with E-state index in [-0.39, 0.29) is 13.1 Å². The van der Waals surface area contributed by atoms with E-state index in [1.54, 1.807) is 0 Å². The number of rotatable bonds is 5. The zero-order valence-electron chi connectivity index (χ0n) is 12.6. The van der Waals surface area contributed by atoms with E-state index in [4.69, 9.17) is 5.73 Å². The first-order valence-corrected chi connectivity index (χ1v) is 8.50. The molecule has 0 bridgehead atoms. The maximum atomic E-state index is 14.0. The van der Waals surface area contributed by atoms with Crippen LogP contribution in [-0.4, -0.2) is 43.9 Å². The predicted octanol–water partition coefficient (Wildman–Crippen LogP) is 1.24. The molecule has 2 N–H and O–H groups in total. The van der Waals surface area contributed by atoms with Crippen LogP contribution in [0.25, 0.3) is 0 Å². The summed E-state index contributed by atoms with van der Waals surface area (Å²) in [4.78, 5) is 9.69. The first-order valence-electron chi connectivity index (χ1n) is 7.06. The topological polar surface area (TPSA) is 116 Å². The van der Waals surface area contributed by atoms with Gasteiger partial charge in [-0.1, -0.05) is 6.42 Å². The second-order valence-corrected chi connectivity index (χ2v) is 7.11. The summed E-state index contributed by atoms with van der Waals surface area (Å²) in [5.74, 6) is -1.69. The van der Waals surface area contributed by atoms with Crippen molar-refractivity contribution in [3.8, 4) is 5.75 Å². The number of nitro benzene ring substituents is 1. The molecule has 1 unspecified atom stereocenters. The number of benzene rings is 1. The van der Waals surface area contributed by atoms with Crippen LogP contribution in [0.4, 0.5) is 10.1 Å². The van der Waals surface area contributed by atoms with Gasteiger partial charge >= 0.3 is 5.69 Å². The van der Waals surface area contributed by atoms with Gasteiger partial charge in [0, 0.05) is 25.2 Å². The van der Waals surface area contributed by atoms with Crippen LogP contribution in [0, 0.1) is 15.9 Å². The number of hydrogen-bond acceptors (Lipinski definition) is 6. The summed E-state index contributed by atoms with van der Waals surface area (Å²) in [6, 6.07) is 1.17. The van der Waals surface area contributed by atoms with Gasteiger partial charge in [-0.2, -0.15) is 4.31 Å². The molecule has 23 heavy (non-hydrogen) atoms. The fourth-order valence-corrected chi connectivity index (χ4v) is 4.44. The highest BCUT2D eigenvalue weighted by Gasteiger charge is 2.35. The average Bonchev–Trinajstić information content (AvgIpc) is 2.53. The largest absolute Gasteiger partial charge is 0.488 e. The molecule has 1 heterocycles. The van der Waals surface area contributed by atoms with E-state index in [2.05, 4.69) is 4.74 Å². The molecule has 1 aliphatic rings. The van der Waals surface area contributed by atoms with E-state index in [1.807, 2.05) is 0 Å². The number of hydrogen-bond donors (Lipinski definition) is 1. The van der Waals surface area contributed by atoms with E-state index in [1.165, 1.54) is 4.31 Å². The Labute approximate surface area is 133 Å². The van der Waals surface area contributed by atoms with Gasteiger partial charge in [-0.25, -0.2) is 12.8 Å². The van der Waals surface area contributed by atoms with Gasteiger partial charge in [0.05, 0.1) is 16.9 Å². The van der Waals surface area contributed by atoms with Gasteiger partial charge in [-0.15, -0.1) is 0 Å². The molecule has 0 aliphatic carbocycles. The Morgan fingerprint density at radius 1 is 1.48 bits per heavy atom. The second kappa shape index (κ2) is 6.77. The molecular weight excluding hydrogens is 329 g/mol.